The normalized spacial score (nSPS) is 41.4. The summed E-state index contributed by atoms with van der Waals surface area (Å²) in [6, 6.07) is 0. The van der Waals surface area contributed by atoms with Gasteiger partial charge in [0.25, 0.3) is 0 Å². The molecule has 0 spiro atoms. The molecule has 2 nitrogen and oxygen atoms in total. The van der Waals surface area contributed by atoms with Gasteiger partial charge in [0.2, 0.25) is 0 Å². The minimum atomic E-state index is 0.0590. The van der Waals surface area contributed by atoms with Crippen molar-refractivity contribution in [3.05, 3.63) is 0 Å². The van der Waals surface area contributed by atoms with Crippen LogP contribution in [-0.2, 0) is 4.79 Å². The molecule has 0 aromatic carbocycles. The first-order valence-corrected chi connectivity index (χ1v) is 5.21. The van der Waals surface area contributed by atoms with Crippen LogP contribution in [0, 0.1) is 5.41 Å². The molecule has 2 heterocycles. The molecule has 2 aliphatic rings. The maximum atomic E-state index is 11.5. The first-order valence-electron chi connectivity index (χ1n) is 4.08. The Morgan fingerprint density at radius 1 is 1.45 bits per heavy atom. The van der Waals surface area contributed by atoms with Crippen LogP contribution in [0.4, 0.5) is 0 Å². The number of Topliss-reactive ketones (excluding diaryl/α,β-unsaturated/α-hetero) is 1. The Kier molecular flexibility index (Phi) is 1.80. The molecule has 2 fully saturated rings. The second-order valence-corrected chi connectivity index (χ2v) is 4.17. The molecule has 0 N–H and O–H groups in total. The molecule has 0 atom stereocenters. The molecule has 0 amide bonds. The van der Waals surface area contributed by atoms with Crippen molar-refractivity contribution in [2.75, 3.05) is 25.0 Å². The van der Waals surface area contributed by atoms with E-state index in [2.05, 4.69) is 20.8 Å². The quantitative estimate of drug-likeness (QED) is 0.645. The Morgan fingerprint density at radius 3 is 2.45 bits per heavy atom. The van der Waals surface area contributed by atoms with Gasteiger partial charge in [0.1, 0.15) is 0 Å². The van der Waals surface area contributed by atoms with Gasteiger partial charge in [-0.3, -0.25) is 4.79 Å². The summed E-state index contributed by atoms with van der Waals surface area (Å²) in [6.45, 7) is 3.30. The second-order valence-electron chi connectivity index (χ2n) is 3.61. The minimum absolute atomic E-state index is 0.0590. The second kappa shape index (κ2) is 2.56. The predicted molar refractivity (Wildman–Crippen MR) is 46.9 cm³/mol. The summed E-state index contributed by atoms with van der Waals surface area (Å²) in [5.74, 6) is 0.414. The summed E-state index contributed by atoms with van der Waals surface area (Å²) in [6.07, 6.45) is 2.19. The summed E-state index contributed by atoms with van der Waals surface area (Å²) < 4.78 is 0. The molecule has 2 saturated heterocycles. The number of carbonyl (C=O) groups excluding carboxylic acids is 1. The fourth-order valence-electron chi connectivity index (χ4n) is 2.23. The van der Waals surface area contributed by atoms with Gasteiger partial charge in [-0.1, -0.05) is 15.9 Å². The average molecular weight is 218 g/mol. The van der Waals surface area contributed by atoms with Crippen LogP contribution in [0.15, 0.2) is 0 Å². The van der Waals surface area contributed by atoms with Crippen molar-refractivity contribution in [1.29, 1.82) is 0 Å². The molecule has 0 radical (unpaired) electrons. The highest BCUT2D eigenvalue weighted by Gasteiger charge is 2.47. The highest BCUT2D eigenvalue weighted by molar-refractivity contribution is 9.09. The van der Waals surface area contributed by atoms with E-state index in [1.54, 1.807) is 0 Å². The highest BCUT2D eigenvalue weighted by atomic mass is 79.9. The number of carbonyl (C=O) groups is 1. The van der Waals surface area contributed by atoms with Gasteiger partial charge in [-0.25, -0.2) is 0 Å². The summed E-state index contributed by atoms with van der Waals surface area (Å²) in [5.41, 5.74) is 0.0590. The zero-order chi connectivity index (χ0) is 7.90. The lowest BCUT2D eigenvalue weighted by atomic mass is 9.81. The molecule has 0 aromatic heterocycles. The molecule has 2 aliphatic heterocycles. The number of hydrogen-bond acceptors (Lipinski definition) is 2. The van der Waals surface area contributed by atoms with Crippen LogP contribution in [0.1, 0.15) is 12.8 Å². The molecule has 2 bridgehead atoms. The Labute approximate surface area is 75.1 Å². The molecule has 0 unspecified atom stereocenters. The van der Waals surface area contributed by atoms with Crippen LogP contribution < -0.4 is 0 Å². The fourth-order valence-corrected chi connectivity index (χ4v) is 2.83. The third-order valence-corrected chi connectivity index (χ3v) is 3.56. The minimum Gasteiger partial charge on any atom is -0.302 e. The van der Waals surface area contributed by atoms with Crippen molar-refractivity contribution in [2.45, 2.75) is 12.8 Å². The summed E-state index contributed by atoms with van der Waals surface area (Å²) in [7, 11) is 0. The Morgan fingerprint density at radius 2 is 2.09 bits per heavy atom. The van der Waals surface area contributed by atoms with E-state index in [0.29, 0.717) is 11.1 Å². The molecular formula is C8H12BrNO. The standard InChI is InChI=1S/C8H12BrNO/c9-5-7(11)8-1-3-10(6-8)4-2-8/h1-6H2. The van der Waals surface area contributed by atoms with Crippen LogP contribution >= 0.6 is 15.9 Å². The summed E-state index contributed by atoms with van der Waals surface area (Å²) >= 11 is 3.25. The molecule has 2 rings (SSSR count). The highest BCUT2D eigenvalue weighted by Crippen LogP contribution is 2.41. The first kappa shape index (κ1) is 7.74. The van der Waals surface area contributed by atoms with E-state index in [0.717, 1.165) is 32.5 Å². The first-order chi connectivity index (χ1) is 5.27. The zero-order valence-corrected chi connectivity index (χ0v) is 8.06. The SMILES string of the molecule is O=C(CBr)C12CCN(CC1)C2. The molecule has 0 aliphatic carbocycles. The van der Waals surface area contributed by atoms with E-state index in [9.17, 15) is 4.79 Å². The molecule has 0 aromatic rings. The number of halogens is 1. The molecule has 62 valence electrons. The summed E-state index contributed by atoms with van der Waals surface area (Å²) in [5, 5.41) is 0.542. The van der Waals surface area contributed by atoms with Crippen molar-refractivity contribution in [2.24, 2.45) is 5.41 Å². The molecule has 0 saturated carbocycles. The van der Waals surface area contributed by atoms with Gasteiger partial charge < -0.3 is 4.90 Å². The Balaban J connectivity index is 2.16. The number of ketones is 1. The van der Waals surface area contributed by atoms with E-state index < -0.39 is 0 Å². The van der Waals surface area contributed by atoms with Crippen LogP contribution in [0.3, 0.4) is 0 Å². The third-order valence-electron chi connectivity index (χ3n) is 3.05. The monoisotopic (exact) mass is 217 g/mol. The van der Waals surface area contributed by atoms with Gasteiger partial charge in [0, 0.05) is 12.0 Å². The number of piperidine rings is 1. The zero-order valence-electron chi connectivity index (χ0n) is 6.48. The van der Waals surface area contributed by atoms with Crippen LogP contribution in [0.5, 0.6) is 0 Å². The lowest BCUT2D eigenvalue weighted by Gasteiger charge is -2.21. The molecule has 3 heteroatoms. The summed E-state index contributed by atoms with van der Waals surface area (Å²) in [4.78, 5) is 13.9. The predicted octanol–water partition coefficient (Wildman–Crippen LogP) is 1.05. The van der Waals surface area contributed by atoms with Crippen molar-refractivity contribution in [3.63, 3.8) is 0 Å². The van der Waals surface area contributed by atoms with Gasteiger partial charge in [-0.05, 0) is 25.9 Å². The number of alkyl halides is 1. The average Bonchev–Trinajstić information content (AvgIpc) is 2.62. The molecule has 11 heavy (non-hydrogen) atoms. The largest absolute Gasteiger partial charge is 0.302 e. The van der Waals surface area contributed by atoms with Crippen molar-refractivity contribution in [3.8, 4) is 0 Å². The van der Waals surface area contributed by atoms with E-state index in [-0.39, 0.29) is 5.41 Å². The van der Waals surface area contributed by atoms with Gasteiger partial charge >= 0.3 is 0 Å². The van der Waals surface area contributed by atoms with Gasteiger partial charge in [-0.15, -0.1) is 0 Å². The topological polar surface area (TPSA) is 20.3 Å². The van der Waals surface area contributed by atoms with Gasteiger partial charge in [0.15, 0.2) is 5.78 Å². The van der Waals surface area contributed by atoms with Gasteiger partial charge in [0.05, 0.1) is 5.33 Å². The maximum absolute atomic E-state index is 11.5. The van der Waals surface area contributed by atoms with E-state index in [1.807, 2.05) is 0 Å². The van der Waals surface area contributed by atoms with E-state index in [1.165, 1.54) is 0 Å². The van der Waals surface area contributed by atoms with Gasteiger partial charge in [-0.2, -0.15) is 0 Å². The Bertz CT molecular complexity index is 185. The number of rotatable bonds is 2. The number of nitrogens with zero attached hydrogens (tertiary/aromatic N) is 1. The van der Waals surface area contributed by atoms with Crippen LogP contribution in [0.2, 0.25) is 0 Å². The number of fused-ring (bicyclic) bond motifs is 2. The van der Waals surface area contributed by atoms with E-state index >= 15 is 0 Å². The fraction of sp³-hybridized carbons (Fsp3) is 0.875. The van der Waals surface area contributed by atoms with Crippen molar-refractivity contribution in [1.82, 2.24) is 4.90 Å². The molecular weight excluding hydrogens is 206 g/mol. The van der Waals surface area contributed by atoms with Crippen LogP contribution in [-0.4, -0.2) is 35.6 Å². The third kappa shape index (κ3) is 1.05. The Hall–Kier alpha value is 0.110. The van der Waals surface area contributed by atoms with Crippen molar-refractivity contribution >= 4 is 21.7 Å². The lowest BCUT2D eigenvalue weighted by Crippen LogP contribution is -2.30. The van der Waals surface area contributed by atoms with Crippen LogP contribution in [0.25, 0.3) is 0 Å². The maximum Gasteiger partial charge on any atom is 0.150 e. The number of hydrogen-bond donors (Lipinski definition) is 0. The van der Waals surface area contributed by atoms with E-state index in [4.69, 9.17) is 0 Å². The smallest absolute Gasteiger partial charge is 0.150 e. The lowest BCUT2D eigenvalue weighted by molar-refractivity contribution is -0.124. The van der Waals surface area contributed by atoms with Crippen molar-refractivity contribution < 1.29 is 4.79 Å².